The molecule has 1 amide bonds. The van der Waals surface area contributed by atoms with Crippen LogP contribution in [0.5, 0.6) is 5.75 Å². The fourth-order valence-electron chi connectivity index (χ4n) is 3.75. The third-order valence-electron chi connectivity index (χ3n) is 5.55. The molecule has 4 rings (SSSR count). The molecule has 0 atom stereocenters. The first-order chi connectivity index (χ1) is 16.4. The van der Waals surface area contributed by atoms with Crippen LogP contribution in [0.4, 0.5) is 5.69 Å². The average molecular weight is 467 g/mol. The van der Waals surface area contributed by atoms with E-state index in [0.29, 0.717) is 28.6 Å². The van der Waals surface area contributed by atoms with Gasteiger partial charge in [0.1, 0.15) is 24.0 Å². The first kappa shape index (κ1) is 23.1. The summed E-state index contributed by atoms with van der Waals surface area (Å²) in [5, 5.41) is 15.0. The predicted molar refractivity (Wildman–Crippen MR) is 138 cm³/mol. The van der Waals surface area contributed by atoms with E-state index in [1.807, 2.05) is 43.3 Å². The molecule has 4 aromatic rings. The minimum atomic E-state index is -0.476. The van der Waals surface area contributed by atoms with Gasteiger partial charge < -0.3 is 10.1 Å². The highest BCUT2D eigenvalue weighted by Crippen LogP contribution is 2.29. The number of nitrogens with one attached hydrogen (secondary N) is 1. The Morgan fingerprint density at radius 1 is 1.03 bits per heavy atom. The highest BCUT2D eigenvalue weighted by atomic mass is 35.5. The maximum absolute atomic E-state index is 12.6. The summed E-state index contributed by atoms with van der Waals surface area (Å²) >= 11 is 6.47. The number of aryl methyl sites for hydroxylation is 2. The Kier molecular flexibility index (Phi) is 6.96. The fraction of sp³-hybridized carbons (Fsp3) is 0.103. The van der Waals surface area contributed by atoms with Crippen molar-refractivity contribution >= 4 is 40.0 Å². The topological polar surface area (TPSA) is 62.1 Å². The number of amides is 1. The molecule has 5 heteroatoms. The maximum Gasteiger partial charge on any atom is 0.266 e. The largest absolute Gasteiger partial charge is 0.487 e. The van der Waals surface area contributed by atoms with Crippen molar-refractivity contribution in [2.75, 3.05) is 5.32 Å². The lowest BCUT2D eigenvalue weighted by molar-refractivity contribution is -0.112. The van der Waals surface area contributed by atoms with E-state index in [-0.39, 0.29) is 5.57 Å². The van der Waals surface area contributed by atoms with Crippen molar-refractivity contribution in [1.29, 1.82) is 5.26 Å². The minimum absolute atomic E-state index is 0.0161. The SMILES string of the molecule is Cc1cccc(NC(=O)/C(C#N)=C/c2ccc(OCc3c(C)ccc4ccccc34)c(Cl)c2)c1. The van der Waals surface area contributed by atoms with Gasteiger partial charge in [-0.2, -0.15) is 5.26 Å². The van der Waals surface area contributed by atoms with Crippen molar-refractivity contribution in [2.24, 2.45) is 0 Å². The summed E-state index contributed by atoms with van der Waals surface area (Å²) in [6, 6.07) is 27.0. The lowest BCUT2D eigenvalue weighted by atomic mass is 10.0. The summed E-state index contributed by atoms with van der Waals surface area (Å²) in [6.07, 6.45) is 1.51. The normalized spacial score (nSPS) is 11.2. The molecule has 0 spiro atoms. The van der Waals surface area contributed by atoms with Crippen LogP contribution in [0.15, 0.2) is 84.4 Å². The second-order valence-electron chi connectivity index (χ2n) is 8.05. The lowest BCUT2D eigenvalue weighted by Crippen LogP contribution is -2.13. The first-order valence-electron chi connectivity index (χ1n) is 10.8. The summed E-state index contributed by atoms with van der Waals surface area (Å²) in [4.78, 5) is 12.6. The number of anilines is 1. The summed E-state index contributed by atoms with van der Waals surface area (Å²) in [5.41, 5.74) is 4.52. The summed E-state index contributed by atoms with van der Waals surface area (Å²) < 4.78 is 6.04. The second kappa shape index (κ2) is 10.2. The van der Waals surface area contributed by atoms with Crippen LogP contribution in [0.3, 0.4) is 0 Å². The molecule has 0 aliphatic carbocycles. The van der Waals surface area contributed by atoms with Gasteiger partial charge in [0.15, 0.2) is 0 Å². The van der Waals surface area contributed by atoms with E-state index in [2.05, 4.69) is 36.5 Å². The van der Waals surface area contributed by atoms with Gasteiger partial charge in [-0.3, -0.25) is 4.79 Å². The molecule has 1 N–H and O–H groups in total. The quantitative estimate of drug-likeness (QED) is 0.241. The number of benzene rings is 4. The van der Waals surface area contributed by atoms with Crippen molar-refractivity contribution in [2.45, 2.75) is 20.5 Å². The maximum atomic E-state index is 12.6. The van der Waals surface area contributed by atoms with E-state index in [4.69, 9.17) is 16.3 Å². The number of hydrogen-bond donors (Lipinski definition) is 1. The van der Waals surface area contributed by atoms with Crippen molar-refractivity contribution in [3.05, 3.63) is 112 Å². The predicted octanol–water partition coefficient (Wildman–Crippen LogP) is 7.23. The van der Waals surface area contributed by atoms with Crippen LogP contribution >= 0.6 is 11.6 Å². The molecule has 0 bridgehead atoms. The average Bonchev–Trinajstić information content (AvgIpc) is 2.83. The Bertz CT molecular complexity index is 1450. The Morgan fingerprint density at radius 3 is 2.62 bits per heavy atom. The van der Waals surface area contributed by atoms with Crippen molar-refractivity contribution in [3.8, 4) is 11.8 Å². The van der Waals surface area contributed by atoms with Gasteiger partial charge in [0.2, 0.25) is 0 Å². The first-order valence-corrected chi connectivity index (χ1v) is 11.2. The van der Waals surface area contributed by atoms with Crippen LogP contribution in [0, 0.1) is 25.2 Å². The molecule has 0 radical (unpaired) electrons. The number of nitrogens with zero attached hydrogens (tertiary/aromatic N) is 1. The van der Waals surface area contributed by atoms with Gasteiger partial charge in [-0.1, -0.05) is 66.2 Å². The molecule has 4 aromatic carbocycles. The molecule has 0 aliphatic heterocycles. The van der Waals surface area contributed by atoms with Crippen LogP contribution in [-0.4, -0.2) is 5.91 Å². The van der Waals surface area contributed by atoms with Gasteiger partial charge in [-0.15, -0.1) is 0 Å². The molecule has 0 unspecified atom stereocenters. The van der Waals surface area contributed by atoms with Crippen molar-refractivity contribution in [1.82, 2.24) is 0 Å². The third-order valence-corrected chi connectivity index (χ3v) is 5.85. The molecule has 168 valence electrons. The Balaban J connectivity index is 1.51. The summed E-state index contributed by atoms with van der Waals surface area (Å²) in [7, 11) is 0. The third kappa shape index (κ3) is 5.28. The van der Waals surface area contributed by atoms with Gasteiger partial charge in [-0.25, -0.2) is 0 Å². The fourth-order valence-corrected chi connectivity index (χ4v) is 3.99. The van der Waals surface area contributed by atoms with Crippen LogP contribution in [-0.2, 0) is 11.4 Å². The minimum Gasteiger partial charge on any atom is -0.487 e. The second-order valence-corrected chi connectivity index (χ2v) is 8.46. The molecule has 34 heavy (non-hydrogen) atoms. The Morgan fingerprint density at radius 2 is 1.85 bits per heavy atom. The molecular formula is C29H23ClN2O2. The van der Waals surface area contributed by atoms with E-state index in [1.165, 1.54) is 6.08 Å². The number of carbonyl (C=O) groups is 1. The van der Waals surface area contributed by atoms with Gasteiger partial charge in [0.05, 0.1) is 5.02 Å². The van der Waals surface area contributed by atoms with Gasteiger partial charge >= 0.3 is 0 Å². The molecule has 0 aromatic heterocycles. The zero-order valence-electron chi connectivity index (χ0n) is 18.9. The number of hydrogen-bond acceptors (Lipinski definition) is 3. The highest BCUT2D eigenvalue weighted by Gasteiger charge is 2.12. The van der Waals surface area contributed by atoms with Crippen LogP contribution in [0.1, 0.15) is 22.3 Å². The van der Waals surface area contributed by atoms with Gasteiger partial charge in [0.25, 0.3) is 5.91 Å². The highest BCUT2D eigenvalue weighted by molar-refractivity contribution is 6.32. The van der Waals surface area contributed by atoms with E-state index >= 15 is 0 Å². The van der Waals surface area contributed by atoms with Gasteiger partial charge in [0, 0.05) is 11.3 Å². The Labute approximate surface area is 204 Å². The van der Waals surface area contributed by atoms with Crippen molar-refractivity contribution < 1.29 is 9.53 Å². The Hall–Kier alpha value is -4.07. The zero-order valence-corrected chi connectivity index (χ0v) is 19.7. The van der Waals surface area contributed by atoms with E-state index in [0.717, 1.165) is 27.5 Å². The number of nitriles is 1. The molecule has 0 saturated heterocycles. The number of rotatable bonds is 6. The number of carbonyl (C=O) groups excluding carboxylic acids is 1. The molecule has 0 fully saturated rings. The van der Waals surface area contributed by atoms with Crippen molar-refractivity contribution in [3.63, 3.8) is 0 Å². The van der Waals surface area contributed by atoms with Crippen LogP contribution in [0.2, 0.25) is 5.02 Å². The smallest absolute Gasteiger partial charge is 0.266 e. The molecular weight excluding hydrogens is 444 g/mol. The van der Waals surface area contributed by atoms with E-state index < -0.39 is 5.91 Å². The number of ether oxygens (including phenoxy) is 1. The van der Waals surface area contributed by atoms with E-state index in [9.17, 15) is 10.1 Å². The number of halogens is 1. The number of fused-ring (bicyclic) bond motifs is 1. The molecule has 4 nitrogen and oxygen atoms in total. The zero-order chi connectivity index (χ0) is 24.1. The summed E-state index contributed by atoms with van der Waals surface area (Å²) in [6.45, 7) is 4.38. The molecule has 0 aliphatic rings. The van der Waals surface area contributed by atoms with Crippen LogP contribution < -0.4 is 10.1 Å². The monoisotopic (exact) mass is 466 g/mol. The van der Waals surface area contributed by atoms with Crippen LogP contribution in [0.25, 0.3) is 16.8 Å². The lowest BCUT2D eigenvalue weighted by Gasteiger charge is -2.13. The molecule has 0 heterocycles. The van der Waals surface area contributed by atoms with Gasteiger partial charge in [-0.05, 0) is 71.7 Å². The summed E-state index contributed by atoms with van der Waals surface area (Å²) in [5.74, 6) is 0.0600. The molecule has 0 saturated carbocycles. The standard InChI is InChI=1S/C29H23ClN2O2/c1-19-6-5-8-24(14-19)32-29(33)23(17-31)15-21-11-13-28(27(30)16-21)34-18-26-20(2)10-12-22-7-3-4-9-25(22)26/h3-16H,18H2,1-2H3,(H,32,33)/b23-15+. The van der Waals surface area contributed by atoms with E-state index in [1.54, 1.807) is 24.3 Å².